The summed E-state index contributed by atoms with van der Waals surface area (Å²) in [6, 6.07) is 3.97. The zero-order chi connectivity index (χ0) is 17.3. The Morgan fingerprint density at radius 2 is 2.36 bits per heavy atom. The molecule has 0 bridgehead atoms. The Bertz CT molecular complexity index is 747. The standard InChI is InChI=1S/C18H23N5O2/c1-22-8-2-4-15(22)17(24)23-9-3-5-18(13-23)10-14(12-25-18)21-16-11-19-6-7-20-16/h2,4,6-8,11,14H,3,5,9-10,12-13H2,1H3,(H,20,21)/t14-,18-/m0/s1. The second kappa shape index (κ2) is 6.48. The number of ether oxygens (including phenoxy) is 1. The van der Waals surface area contributed by atoms with E-state index in [-0.39, 0.29) is 17.6 Å². The smallest absolute Gasteiger partial charge is 0.270 e. The van der Waals surface area contributed by atoms with E-state index in [1.165, 1.54) is 0 Å². The molecule has 0 saturated carbocycles. The van der Waals surface area contributed by atoms with Gasteiger partial charge in [0.25, 0.3) is 5.91 Å². The molecule has 1 spiro atoms. The summed E-state index contributed by atoms with van der Waals surface area (Å²) in [4.78, 5) is 23.1. The minimum absolute atomic E-state index is 0.0838. The van der Waals surface area contributed by atoms with Crippen molar-refractivity contribution in [3.63, 3.8) is 0 Å². The molecule has 2 saturated heterocycles. The predicted molar refractivity (Wildman–Crippen MR) is 93.3 cm³/mol. The molecule has 132 valence electrons. The quantitative estimate of drug-likeness (QED) is 0.920. The molecule has 0 radical (unpaired) electrons. The predicted octanol–water partition coefficient (Wildman–Crippen LogP) is 1.69. The molecule has 2 fully saturated rings. The number of nitrogens with zero attached hydrogens (tertiary/aromatic N) is 4. The van der Waals surface area contributed by atoms with Crippen LogP contribution in [-0.4, -0.2) is 56.7 Å². The van der Waals surface area contributed by atoms with Gasteiger partial charge < -0.3 is 19.5 Å². The first kappa shape index (κ1) is 16.1. The zero-order valence-corrected chi connectivity index (χ0v) is 14.4. The van der Waals surface area contributed by atoms with Crippen molar-refractivity contribution < 1.29 is 9.53 Å². The molecule has 2 aliphatic rings. The summed E-state index contributed by atoms with van der Waals surface area (Å²) in [6.45, 7) is 2.07. The lowest BCUT2D eigenvalue weighted by Crippen LogP contribution is -2.50. The van der Waals surface area contributed by atoms with Gasteiger partial charge in [0.05, 0.1) is 31.0 Å². The van der Waals surface area contributed by atoms with E-state index in [0.29, 0.717) is 13.2 Å². The number of piperidine rings is 1. The number of rotatable bonds is 3. The fourth-order valence-corrected chi connectivity index (χ4v) is 3.92. The van der Waals surface area contributed by atoms with Crippen molar-refractivity contribution in [3.8, 4) is 0 Å². The second-order valence-electron chi connectivity index (χ2n) is 6.96. The summed E-state index contributed by atoms with van der Waals surface area (Å²) in [5.41, 5.74) is 0.475. The highest BCUT2D eigenvalue weighted by atomic mass is 16.5. The number of carbonyl (C=O) groups excluding carboxylic acids is 1. The maximum atomic E-state index is 12.8. The van der Waals surface area contributed by atoms with Crippen molar-refractivity contribution in [2.75, 3.05) is 25.0 Å². The van der Waals surface area contributed by atoms with E-state index in [4.69, 9.17) is 4.74 Å². The van der Waals surface area contributed by atoms with Crippen LogP contribution in [-0.2, 0) is 11.8 Å². The number of carbonyl (C=O) groups is 1. The Labute approximate surface area is 147 Å². The van der Waals surface area contributed by atoms with Gasteiger partial charge in [-0.1, -0.05) is 0 Å². The molecule has 2 aromatic heterocycles. The monoisotopic (exact) mass is 341 g/mol. The maximum absolute atomic E-state index is 12.8. The van der Waals surface area contributed by atoms with E-state index < -0.39 is 0 Å². The van der Waals surface area contributed by atoms with Gasteiger partial charge in [0, 0.05) is 38.6 Å². The third-order valence-corrected chi connectivity index (χ3v) is 5.11. The molecule has 0 aliphatic carbocycles. The number of nitrogens with one attached hydrogen (secondary N) is 1. The fraction of sp³-hybridized carbons (Fsp3) is 0.500. The number of aryl methyl sites for hydroxylation is 1. The first-order valence-electron chi connectivity index (χ1n) is 8.72. The molecule has 2 aromatic rings. The van der Waals surface area contributed by atoms with Crippen molar-refractivity contribution in [2.45, 2.75) is 30.9 Å². The molecule has 2 aliphatic heterocycles. The van der Waals surface area contributed by atoms with Crippen LogP contribution in [0.4, 0.5) is 5.82 Å². The van der Waals surface area contributed by atoms with E-state index in [9.17, 15) is 4.79 Å². The third-order valence-electron chi connectivity index (χ3n) is 5.11. The van der Waals surface area contributed by atoms with Gasteiger partial charge in [0.1, 0.15) is 11.5 Å². The first-order valence-corrected chi connectivity index (χ1v) is 8.72. The van der Waals surface area contributed by atoms with Gasteiger partial charge in [-0.3, -0.25) is 9.78 Å². The van der Waals surface area contributed by atoms with Crippen molar-refractivity contribution in [2.24, 2.45) is 7.05 Å². The Balaban J connectivity index is 1.42. The summed E-state index contributed by atoms with van der Waals surface area (Å²) in [5, 5.41) is 3.39. The number of anilines is 1. The van der Waals surface area contributed by atoms with E-state index in [0.717, 1.165) is 37.3 Å². The molecule has 25 heavy (non-hydrogen) atoms. The first-order chi connectivity index (χ1) is 12.2. The van der Waals surface area contributed by atoms with Crippen LogP contribution in [0, 0.1) is 0 Å². The average molecular weight is 341 g/mol. The Morgan fingerprint density at radius 1 is 1.44 bits per heavy atom. The third kappa shape index (κ3) is 3.24. The number of aromatic nitrogens is 3. The van der Waals surface area contributed by atoms with Gasteiger partial charge in [0.2, 0.25) is 0 Å². The van der Waals surface area contributed by atoms with Gasteiger partial charge in [-0.2, -0.15) is 0 Å². The van der Waals surface area contributed by atoms with Crippen molar-refractivity contribution in [1.29, 1.82) is 0 Å². The van der Waals surface area contributed by atoms with Crippen molar-refractivity contribution in [1.82, 2.24) is 19.4 Å². The summed E-state index contributed by atoms with van der Waals surface area (Å²) in [7, 11) is 1.90. The van der Waals surface area contributed by atoms with Crippen molar-refractivity contribution in [3.05, 3.63) is 42.6 Å². The molecule has 4 heterocycles. The lowest BCUT2D eigenvalue weighted by molar-refractivity contribution is -0.0449. The summed E-state index contributed by atoms with van der Waals surface area (Å²) in [5.74, 6) is 0.848. The second-order valence-corrected chi connectivity index (χ2v) is 6.96. The Hall–Kier alpha value is -2.41. The summed E-state index contributed by atoms with van der Waals surface area (Å²) in [6.07, 6.45) is 9.79. The van der Waals surface area contributed by atoms with Crippen LogP contribution < -0.4 is 5.32 Å². The van der Waals surface area contributed by atoms with Crippen LogP contribution in [0.15, 0.2) is 36.9 Å². The van der Waals surface area contributed by atoms with Gasteiger partial charge >= 0.3 is 0 Å². The van der Waals surface area contributed by atoms with Crippen molar-refractivity contribution >= 4 is 11.7 Å². The van der Waals surface area contributed by atoms with Crippen LogP contribution in [0.2, 0.25) is 0 Å². The molecular weight excluding hydrogens is 318 g/mol. The highest BCUT2D eigenvalue weighted by molar-refractivity contribution is 5.92. The lowest BCUT2D eigenvalue weighted by Gasteiger charge is -2.39. The van der Waals surface area contributed by atoms with Crippen LogP contribution >= 0.6 is 0 Å². The average Bonchev–Trinajstić information content (AvgIpc) is 3.22. The van der Waals surface area contributed by atoms with E-state index >= 15 is 0 Å². The van der Waals surface area contributed by atoms with Gasteiger partial charge in [-0.15, -0.1) is 0 Å². The molecule has 2 atom stereocenters. The molecule has 1 N–H and O–H groups in total. The number of likely N-dealkylation sites (tertiary alicyclic amines) is 1. The summed E-state index contributed by atoms with van der Waals surface area (Å²) >= 11 is 0. The molecule has 1 amide bonds. The number of hydrogen-bond acceptors (Lipinski definition) is 5. The fourth-order valence-electron chi connectivity index (χ4n) is 3.92. The summed E-state index contributed by atoms with van der Waals surface area (Å²) < 4.78 is 8.06. The molecular formula is C18H23N5O2. The number of hydrogen-bond donors (Lipinski definition) is 1. The Morgan fingerprint density at radius 3 is 3.12 bits per heavy atom. The highest BCUT2D eigenvalue weighted by Crippen LogP contribution is 2.36. The minimum atomic E-state index is -0.251. The molecule has 7 heteroatoms. The van der Waals surface area contributed by atoms with E-state index in [1.54, 1.807) is 18.6 Å². The van der Waals surface area contributed by atoms with Crippen LogP contribution in [0.3, 0.4) is 0 Å². The van der Waals surface area contributed by atoms with Gasteiger partial charge in [-0.05, 0) is 25.0 Å². The van der Waals surface area contributed by atoms with E-state index in [2.05, 4.69) is 15.3 Å². The molecule has 7 nitrogen and oxygen atoms in total. The van der Waals surface area contributed by atoms with E-state index in [1.807, 2.05) is 34.8 Å². The van der Waals surface area contributed by atoms with Crippen LogP contribution in [0.25, 0.3) is 0 Å². The minimum Gasteiger partial charge on any atom is -0.371 e. The zero-order valence-electron chi connectivity index (χ0n) is 14.4. The molecule has 0 aromatic carbocycles. The lowest BCUT2D eigenvalue weighted by atomic mass is 9.88. The van der Waals surface area contributed by atoms with Gasteiger partial charge in [0.15, 0.2) is 0 Å². The topological polar surface area (TPSA) is 72.3 Å². The Kier molecular flexibility index (Phi) is 4.17. The van der Waals surface area contributed by atoms with Crippen LogP contribution in [0.5, 0.6) is 0 Å². The highest BCUT2D eigenvalue weighted by Gasteiger charge is 2.44. The molecule has 4 rings (SSSR count). The maximum Gasteiger partial charge on any atom is 0.270 e. The van der Waals surface area contributed by atoms with Gasteiger partial charge in [-0.25, -0.2) is 4.98 Å². The normalized spacial score (nSPS) is 26.1. The SMILES string of the molecule is Cn1cccc1C(=O)N1CCC[C@]2(C[C@H](Nc3cnccn3)CO2)C1. The largest absolute Gasteiger partial charge is 0.371 e. The molecule has 0 unspecified atom stereocenters. The van der Waals surface area contributed by atoms with Crippen LogP contribution in [0.1, 0.15) is 29.8 Å². The number of amides is 1.